The third kappa shape index (κ3) is 3.08. The molecule has 1 aliphatic rings. The molecule has 5 nitrogen and oxygen atoms in total. The summed E-state index contributed by atoms with van der Waals surface area (Å²) in [6.07, 6.45) is 5.38. The number of hydrogen-bond acceptors (Lipinski definition) is 4. The lowest BCUT2D eigenvalue weighted by molar-refractivity contribution is -0.133. The molecule has 0 bridgehead atoms. The van der Waals surface area contributed by atoms with E-state index in [1.807, 2.05) is 55.5 Å². The van der Waals surface area contributed by atoms with Crippen LogP contribution in [0.5, 0.6) is 0 Å². The van der Waals surface area contributed by atoms with Crippen LogP contribution >= 0.6 is 0 Å². The summed E-state index contributed by atoms with van der Waals surface area (Å²) in [5, 5.41) is 6.34. The molecule has 1 aromatic heterocycles. The molecule has 2 aromatic carbocycles. The molecular weight excluding hydrogens is 324 g/mol. The molecular formula is C21H20N4O. The maximum atomic E-state index is 12.7. The van der Waals surface area contributed by atoms with E-state index < -0.39 is 0 Å². The van der Waals surface area contributed by atoms with Crippen molar-refractivity contribution in [3.8, 4) is 0 Å². The van der Waals surface area contributed by atoms with Crippen LogP contribution < -0.4 is 0 Å². The van der Waals surface area contributed by atoms with E-state index >= 15 is 0 Å². The minimum Gasteiger partial charge on any atom is -0.273 e. The zero-order chi connectivity index (χ0) is 17.9. The van der Waals surface area contributed by atoms with Crippen molar-refractivity contribution in [3.63, 3.8) is 0 Å². The highest BCUT2D eigenvalue weighted by Gasteiger charge is 2.32. The van der Waals surface area contributed by atoms with Gasteiger partial charge in [-0.15, -0.1) is 0 Å². The van der Waals surface area contributed by atoms with Gasteiger partial charge in [-0.3, -0.25) is 14.8 Å². The quantitative estimate of drug-likeness (QED) is 0.716. The summed E-state index contributed by atoms with van der Waals surface area (Å²) in [6, 6.07) is 15.9. The fraction of sp³-hybridized carbons (Fsp3) is 0.238. The van der Waals surface area contributed by atoms with Crippen LogP contribution in [-0.4, -0.2) is 26.6 Å². The van der Waals surface area contributed by atoms with Crippen molar-refractivity contribution in [2.45, 2.75) is 32.2 Å². The van der Waals surface area contributed by atoms with Gasteiger partial charge in [-0.1, -0.05) is 43.3 Å². The van der Waals surface area contributed by atoms with Crippen molar-refractivity contribution >= 4 is 22.7 Å². The van der Waals surface area contributed by atoms with E-state index in [0.29, 0.717) is 12.8 Å². The summed E-state index contributed by atoms with van der Waals surface area (Å²) in [6.45, 7) is 2.01. The average molecular weight is 344 g/mol. The van der Waals surface area contributed by atoms with Crippen molar-refractivity contribution in [2.24, 2.45) is 5.10 Å². The summed E-state index contributed by atoms with van der Waals surface area (Å²) in [5.74, 6) is 0.0580. The Morgan fingerprint density at radius 3 is 2.62 bits per heavy atom. The summed E-state index contributed by atoms with van der Waals surface area (Å²) in [7, 11) is 0. The summed E-state index contributed by atoms with van der Waals surface area (Å²) < 4.78 is 0. The molecule has 0 saturated heterocycles. The number of fused-ring (bicyclic) bond motifs is 1. The zero-order valence-electron chi connectivity index (χ0n) is 14.7. The zero-order valence-corrected chi connectivity index (χ0v) is 14.7. The molecule has 0 unspecified atom stereocenters. The number of nitrogens with zero attached hydrogens (tertiary/aromatic N) is 4. The number of rotatable bonds is 4. The van der Waals surface area contributed by atoms with E-state index in [9.17, 15) is 4.79 Å². The first-order chi connectivity index (χ1) is 12.8. The molecule has 2 heterocycles. The maximum absolute atomic E-state index is 12.7. The highest BCUT2D eigenvalue weighted by molar-refractivity contribution is 6.03. The highest BCUT2D eigenvalue weighted by atomic mass is 16.2. The van der Waals surface area contributed by atoms with Crippen molar-refractivity contribution in [2.75, 3.05) is 0 Å². The van der Waals surface area contributed by atoms with Crippen LogP contribution in [0.2, 0.25) is 0 Å². The van der Waals surface area contributed by atoms with E-state index in [1.165, 1.54) is 0 Å². The fourth-order valence-electron chi connectivity index (χ4n) is 3.32. The number of carbonyl (C=O) groups excluding carboxylic acids is 1. The maximum Gasteiger partial charge on any atom is 0.243 e. The normalized spacial score (nSPS) is 16.7. The number of amides is 1. The molecule has 1 atom stereocenters. The summed E-state index contributed by atoms with van der Waals surface area (Å²) >= 11 is 0. The number of benzene rings is 2. The van der Waals surface area contributed by atoms with Crippen molar-refractivity contribution in [1.82, 2.24) is 15.0 Å². The van der Waals surface area contributed by atoms with Crippen LogP contribution in [0.4, 0.5) is 0 Å². The van der Waals surface area contributed by atoms with Gasteiger partial charge in [0, 0.05) is 25.2 Å². The van der Waals surface area contributed by atoms with Gasteiger partial charge in [-0.25, -0.2) is 5.01 Å². The Labute approximate surface area is 152 Å². The minimum absolute atomic E-state index is 0.0580. The first-order valence-electron chi connectivity index (χ1n) is 8.92. The van der Waals surface area contributed by atoms with E-state index in [4.69, 9.17) is 0 Å². The lowest BCUT2D eigenvalue weighted by Gasteiger charge is -2.22. The van der Waals surface area contributed by atoms with Gasteiger partial charge in [-0.2, -0.15) is 5.10 Å². The molecule has 0 saturated carbocycles. The smallest absolute Gasteiger partial charge is 0.243 e. The highest BCUT2D eigenvalue weighted by Crippen LogP contribution is 2.34. The van der Waals surface area contributed by atoms with Gasteiger partial charge in [0.2, 0.25) is 5.91 Å². The Hall–Kier alpha value is -3.08. The molecule has 1 aliphatic heterocycles. The minimum atomic E-state index is -0.101. The Kier molecular flexibility index (Phi) is 4.44. The van der Waals surface area contributed by atoms with Crippen LogP contribution in [0.3, 0.4) is 0 Å². The molecule has 5 heteroatoms. The predicted molar refractivity (Wildman–Crippen MR) is 102 cm³/mol. The topological polar surface area (TPSA) is 58.5 Å². The second-order valence-electron chi connectivity index (χ2n) is 6.43. The Morgan fingerprint density at radius 2 is 1.85 bits per heavy atom. The second kappa shape index (κ2) is 7.04. The van der Waals surface area contributed by atoms with Crippen LogP contribution in [0.15, 0.2) is 66.0 Å². The molecule has 0 spiro atoms. The monoisotopic (exact) mass is 344 g/mol. The summed E-state index contributed by atoms with van der Waals surface area (Å²) in [5.41, 5.74) is 4.73. The van der Waals surface area contributed by atoms with Crippen LogP contribution in [0.1, 0.15) is 43.4 Å². The number of hydrogen-bond donors (Lipinski definition) is 0. The lowest BCUT2D eigenvalue weighted by atomic mass is 9.98. The summed E-state index contributed by atoms with van der Waals surface area (Å²) in [4.78, 5) is 21.4. The van der Waals surface area contributed by atoms with Gasteiger partial charge in [0.1, 0.15) is 0 Å². The third-order valence-electron chi connectivity index (χ3n) is 4.61. The molecule has 0 N–H and O–H groups in total. The molecule has 26 heavy (non-hydrogen) atoms. The fourth-order valence-corrected chi connectivity index (χ4v) is 3.32. The number of hydrazone groups is 1. The van der Waals surface area contributed by atoms with Gasteiger partial charge < -0.3 is 0 Å². The largest absolute Gasteiger partial charge is 0.273 e. The van der Waals surface area contributed by atoms with Crippen LogP contribution in [0.25, 0.3) is 11.0 Å². The second-order valence-corrected chi connectivity index (χ2v) is 6.43. The third-order valence-corrected chi connectivity index (χ3v) is 4.61. The Balaban J connectivity index is 1.72. The van der Waals surface area contributed by atoms with Crippen molar-refractivity contribution in [1.29, 1.82) is 0 Å². The Morgan fingerprint density at radius 1 is 1.08 bits per heavy atom. The van der Waals surface area contributed by atoms with Crippen molar-refractivity contribution < 1.29 is 4.79 Å². The van der Waals surface area contributed by atoms with Crippen LogP contribution in [-0.2, 0) is 4.79 Å². The van der Waals surface area contributed by atoms with E-state index in [0.717, 1.165) is 34.3 Å². The van der Waals surface area contributed by atoms with Crippen molar-refractivity contribution in [3.05, 3.63) is 72.1 Å². The van der Waals surface area contributed by atoms with E-state index in [1.54, 1.807) is 17.4 Å². The molecule has 130 valence electrons. The number of carbonyl (C=O) groups is 1. The average Bonchev–Trinajstić information content (AvgIpc) is 3.14. The lowest BCUT2D eigenvalue weighted by Crippen LogP contribution is -2.26. The van der Waals surface area contributed by atoms with Crippen LogP contribution in [0, 0.1) is 0 Å². The predicted octanol–water partition coefficient (Wildman–Crippen LogP) is 4.11. The first kappa shape index (κ1) is 16.4. The molecule has 0 radical (unpaired) electrons. The van der Waals surface area contributed by atoms with Gasteiger partial charge in [0.25, 0.3) is 0 Å². The van der Waals surface area contributed by atoms with Gasteiger partial charge in [0.05, 0.1) is 22.8 Å². The van der Waals surface area contributed by atoms with E-state index in [2.05, 4.69) is 15.1 Å². The first-order valence-corrected chi connectivity index (χ1v) is 8.92. The van der Waals surface area contributed by atoms with Gasteiger partial charge in [0.15, 0.2) is 0 Å². The standard InChI is InChI=1S/C21H20N4O/c1-2-6-21(26)25-20(14-18(24-25)15-7-4-3-5-8-15)16-9-10-17-19(13-16)23-12-11-22-17/h3-5,7-13,20H,2,6,14H2,1H3/t20-/m0/s1. The molecule has 4 rings (SSSR count). The molecule has 0 fully saturated rings. The van der Waals surface area contributed by atoms with Gasteiger partial charge >= 0.3 is 0 Å². The Bertz CT molecular complexity index is 968. The molecule has 0 aliphatic carbocycles. The number of aromatic nitrogens is 2. The molecule has 3 aromatic rings. The van der Waals surface area contributed by atoms with Gasteiger partial charge in [-0.05, 0) is 29.7 Å². The molecule has 1 amide bonds. The van der Waals surface area contributed by atoms with E-state index in [-0.39, 0.29) is 11.9 Å². The SMILES string of the molecule is CCCC(=O)N1N=C(c2ccccc2)C[C@H]1c1ccc2nccnc2c1.